The van der Waals surface area contributed by atoms with Crippen LogP contribution in [0.3, 0.4) is 0 Å². The summed E-state index contributed by atoms with van der Waals surface area (Å²) in [6, 6.07) is 4.19. The van der Waals surface area contributed by atoms with Crippen molar-refractivity contribution in [3.05, 3.63) is 34.4 Å². The number of rotatable bonds is 4. The summed E-state index contributed by atoms with van der Waals surface area (Å²) < 4.78 is 51.1. The fourth-order valence-corrected chi connectivity index (χ4v) is 4.59. The van der Waals surface area contributed by atoms with Crippen molar-refractivity contribution in [3.8, 4) is 0 Å². The van der Waals surface area contributed by atoms with Crippen molar-refractivity contribution in [1.29, 1.82) is 0 Å². The summed E-state index contributed by atoms with van der Waals surface area (Å²) in [5.74, 6) is -0.438. The first-order chi connectivity index (χ1) is 9.20. The predicted octanol–water partition coefficient (Wildman–Crippen LogP) is 0.487. The van der Waals surface area contributed by atoms with Crippen molar-refractivity contribution in [1.82, 2.24) is 0 Å². The van der Waals surface area contributed by atoms with Gasteiger partial charge in [-0.2, -0.15) is 8.42 Å². The Morgan fingerprint density at radius 3 is 2.30 bits per heavy atom. The van der Waals surface area contributed by atoms with Crippen LogP contribution in [0.1, 0.15) is 6.42 Å². The topological polar surface area (TPSA) is 121 Å². The Hall–Kier alpha value is -1.52. The number of hydrogen-bond acceptors (Lipinski definition) is 7. The van der Waals surface area contributed by atoms with Gasteiger partial charge in [0.15, 0.2) is 9.84 Å². The summed E-state index contributed by atoms with van der Waals surface area (Å²) in [7, 11) is -7.37. The van der Waals surface area contributed by atoms with Crippen LogP contribution in [0.2, 0.25) is 0 Å². The first kappa shape index (κ1) is 14.9. The molecule has 8 nitrogen and oxygen atoms in total. The number of hydrogen-bond donors (Lipinski definition) is 0. The Kier molecular flexibility index (Phi) is 3.80. The lowest BCUT2D eigenvalue weighted by molar-refractivity contribution is -0.384. The summed E-state index contributed by atoms with van der Waals surface area (Å²) in [4.78, 5) is 9.58. The van der Waals surface area contributed by atoms with Crippen LogP contribution < -0.4 is 0 Å². The highest BCUT2D eigenvalue weighted by molar-refractivity contribution is 7.91. The number of sulfone groups is 1. The van der Waals surface area contributed by atoms with Gasteiger partial charge in [0.1, 0.15) is 0 Å². The van der Waals surface area contributed by atoms with E-state index in [9.17, 15) is 26.9 Å². The van der Waals surface area contributed by atoms with Gasteiger partial charge in [-0.05, 0) is 18.6 Å². The van der Waals surface area contributed by atoms with Crippen LogP contribution in [-0.4, -0.2) is 39.4 Å². The Bertz CT molecular complexity index is 721. The summed E-state index contributed by atoms with van der Waals surface area (Å²) in [6.07, 6.45) is -0.783. The lowest BCUT2D eigenvalue weighted by Gasteiger charge is -2.10. The third-order valence-corrected chi connectivity index (χ3v) is 5.90. The van der Waals surface area contributed by atoms with Crippen LogP contribution in [0, 0.1) is 10.1 Å². The molecule has 1 fully saturated rings. The second kappa shape index (κ2) is 5.11. The van der Waals surface area contributed by atoms with E-state index >= 15 is 0 Å². The van der Waals surface area contributed by atoms with Crippen molar-refractivity contribution in [2.75, 3.05) is 11.5 Å². The van der Waals surface area contributed by atoms with Crippen molar-refractivity contribution in [2.24, 2.45) is 0 Å². The van der Waals surface area contributed by atoms with Crippen molar-refractivity contribution >= 4 is 25.6 Å². The van der Waals surface area contributed by atoms with Crippen LogP contribution >= 0.6 is 0 Å². The molecule has 1 aromatic rings. The standard InChI is InChI=1S/C10H11NO7S2/c12-11(13)8-1-3-10(4-2-8)20(16,17)18-9-5-6-19(14,15)7-9/h1-4,9H,5-7H2. The predicted molar refractivity (Wildman–Crippen MR) is 68.4 cm³/mol. The van der Waals surface area contributed by atoms with Gasteiger partial charge in [0.2, 0.25) is 0 Å². The molecule has 0 saturated carbocycles. The second-order valence-corrected chi connectivity index (χ2v) is 8.13. The van der Waals surface area contributed by atoms with Gasteiger partial charge in [0, 0.05) is 12.1 Å². The van der Waals surface area contributed by atoms with Gasteiger partial charge in [-0.25, -0.2) is 8.42 Å². The number of nitro groups is 1. The molecule has 0 aliphatic carbocycles. The van der Waals surface area contributed by atoms with E-state index in [1.807, 2.05) is 0 Å². The maximum absolute atomic E-state index is 11.9. The Balaban J connectivity index is 2.16. The molecule has 10 heteroatoms. The normalized spacial score (nSPS) is 21.7. The number of nitro benzene ring substituents is 1. The molecular weight excluding hydrogens is 310 g/mol. The van der Waals surface area contributed by atoms with Crippen LogP contribution in [0.15, 0.2) is 29.2 Å². The fourth-order valence-electron chi connectivity index (χ4n) is 1.81. The maximum atomic E-state index is 11.9. The highest BCUT2D eigenvalue weighted by Crippen LogP contribution is 2.22. The molecule has 0 aromatic heterocycles. The molecule has 1 atom stereocenters. The summed E-state index contributed by atoms with van der Waals surface area (Å²) in [5, 5.41) is 10.5. The molecule has 110 valence electrons. The molecule has 0 amide bonds. The number of benzene rings is 1. The third kappa shape index (κ3) is 3.32. The largest absolute Gasteiger partial charge is 0.297 e. The van der Waals surface area contributed by atoms with Crippen LogP contribution in [0.5, 0.6) is 0 Å². The molecule has 1 saturated heterocycles. The van der Waals surface area contributed by atoms with Crippen molar-refractivity contribution in [3.63, 3.8) is 0 Å². The minimum Gasteiger partial charge on any atom is -0.262 e. The number of nitrogens with zero attached hydrogens (tertiary/aromatic N) is 1. The quantitative estimate of drug-likeness (QED) is 0.449. The van der Waals surface area contributed by atoms with Gasteiger partial charge in [0.25, 0.3) is 15.8 Å². The smallest absolute Gasteiger partial charge is 0.262 e. The zero-order chi connectivity index (χ0) is 15.0. The first-order valence-electron chi connectivity index (χ1n) is 5.58. The molecule has 1 aliphatic rings. The Morgan fingerprint density at radius 1 is 1.25 bits per heavy atom. The minimum absolute atomic E-state index is 0.104. The van der Waals surface area contributed by atoms with E-state index < -0.39 is 31.0 Å². The average molecular weight is 321 g/mol. The van der Waals surface area contributed by atoms with E-state index in [-0.39, 0.29) is 28.5 Å². The average Bonchev–Trinajstić information content (AvgIpc) is 2.68. The molecule has 0 bridgehead atoms. The zero-order valence-electron chi connectivity index (χ0n) is 10.1. The van der Waals surface area contributed by atoms with E-state index in [2.05, 4.69) is 0 Å². The summed E-state index contributed by atoms with van der Waals surface area (Å²) >= 11 is 0. The SMILES string of the molecule is O=[N+]([O-])c1ccc(S(=O)(=O)OC2CCS(=O)(=O)C2)cc1. The van der Waals surface area contributed by atoms with E-state index in [0.717, 1.165) is 24.3 Å². The third-order valence-electron chi connectivity index (χ3n) is 2.79. The van der Waals surface area contributed by atoms with Crippen molar-refractivity contribution < 1.29 is 25.9 Å². The van der Waals surface area contributed by atoms with Gasteiger partial charge < -0.3 is 0 Å². The van der Waals surface area contributed by atoms with Gasteiger partial charge in [-0.15, -0.1) is 0 Å². The minimum atomic E-state index is -4.12. The molecule has 1 unspecified atom stereocenters. The monoisotopic (exact) mass is 321 g/mol. The van der Waals surface area contributed by atoms with Crippen LogP contribution in [0.25, 0.3) is 0 Å². The van der Waals surface area contributed by atoms with E-state index in [0.29, 0.717) is 0 Å². The Morgan fingerprint density at radius 2 is 1.85 bits per heavy atom. The number of non-ortho nitro benzene ring substituents is 1. The van der Waals surface area contributed by atoms with Crippen LogP contribution in [-0.2, 0) is 24.1 Å². The fraction of sp³-hybridized carbons (Fsp3) is 0.400. The van der Waals surface area contributed by atoms with Gasteiger partial charge in [-0.1, -0.05) is 0 Å². The molecule has 2 rings (SSSR count). The van der Waals surface area contributed by atoms with Crippen molar-refractivity contribution in [2.45, 2.75) is 17.4 Å². The highest BCUT2D eigenvalue weighted by atomic mass is 32.2. The lowest BCUT2D eigenvalue weighted by Crippen LogP contribution is -2.19. The maximum Gasteiger partial charge on any atom is 0.297 e. The highest BCUT2D eigenvalue weighted by Gasteiger charge is 2.33. The van der Waals surface area contributed by atoms with Crippen LogP contribution in [0.4, 0.5) is 5.69 Å². The molecule has 0 N–H and O–H groups in total. The lowest BCUT2D eigenvalue weighted by atomic mass is 10.3. The van der Waals surface area contributed by atoms with Gasteiger partial charge in [0.05, 0.1) is 27.4 Å². The van der Waals surface area contributed by atoms with E-state index in [4.69, 9.17) is 4.18 Å². The second-order valence-electron chi connectivity index (χ2n) is 4.33. The molecule has 1 heterocycles. The van der Waals surface area contributed by atoms with Gasteiger partial charge >= 0.3 is 0 Å². The van der Waals surface area contributed by atoms with E-state index in [1.165, 1.54) is 0 Å². The summed E-state index contributed by atoms with van der Waals surface area (Å²) in [6.45, 7) is 0. The molecule has 1 aromatic carbocycles. The zero-order valence-corrected chi connectivity index (χ0v) is 11.8. The molecule has 0 radical (unpaired) electrons. The summed E-state index contributed by atoms with van der Waals surface area (Å²) in [5.41, 5.74) is -0.243. The molecular formula is C10H11NO7S2. The van der Waals surface area contributed by atoms with Gasteiger partial charge in [-0.3, -0.25) is 14.3 Å². The molecule has 20 heavy (non-hydrogen) atoms. The first-order valence-corrected chi connectivity index (χ1v) is 8.81. The molecule has 0 spiro atoms. The molecule has 1 aliphatic heterocycles. The van der Waals surface area contributed by atoms with E-state index in [1.54, 1.807) is 0 Å². The Labute approximate surface area is 115 Å².